The predicted octanol–water partition coefficient (Wildman–Crippen LogP) is 3.06. The quantitative estimate of drug-likeness (QED) is 0.641. The van der Waals surface area contributed by atoms with Gasteiger partial charge in [0.1, 0.15) is 11.7 Å². The van der Waals surface area contributed by atoms with Crippen molar-refractivity contribution < 1.29 is 12.8 Å². The Kier molecular flexibility index (Phi) is 4.43. The maximum Gasteiger partial charge on any atom is 0.284 e. The van der Waals surface area contributed by atoms with Gasteiger partial charge in [-0.3, -0.25) is 0 Å². The smallest absolute Gasteiger partial charge is 0.284 e. The third kappa shape index (κ3) is 3.59. The lowest BCUT2D eigenvalue weighted by atomic mass is 10.2. The summed E-state index contributed by atoms with van der Waals surface area (Å²) >= 11 is 0. The van der Waals surface area contributed by atoms with Gasteiger partial charge in [-0.1, -0.05) is 30.3 Å². The first-order chi connectivity index (χ1) is 11.1. The maximum absolute atomic E-state index is 13.0. The Labute approximate surface area is 135 Å². The zero-order chi connectivity index (χ0) is 16.3. The second kappa shape index (κ2) is 6.50. The van der Waals surface area contributed by atoms with Gasteiger partial charge < -0.3 is 4.90 Å². The summed E-state index contributed by atoms with van der Waals surface area (Å²) < 4.78 is 42.2. The van der Waals surface area contributed by atoms with Gasteiger partial charge in [-0.15, -0.1) is 4.40 Å². The molecule has 2 aromatic rings. The van der Waals surface area contributed by atoms with E-state index in [1.165, 1.54) is 12.1 Å². The molecule has 0 atom stereocenters. The van der Waals surface area contributed by atoms with E-state index in [0.29, 0.717) is 5.84 Å². The Morgan fingerprint density at radius 1 is 0.957 bits per heavy atom. The lowest BCUT2D eigenvalue weighted by Crippen LogP contribution is -2.29. The third-order valence-corrected chi connectivity index (χ3v) is 5.04. The number of rotatable bonds is 3. The van der Waals surface area contributed by atoms with E-state index < -0.39 is 15.8 Å². The van der Waals surface area contributed by atoms with Crippen molar-refractivity contribution in [1.82, 2.24) is 4.90 Å². The average molecular weight is 332 g/mol. The fourth-order valence-electron chi connectivity index (χ4n) is 2.58. The van der Waals surface area contributed by atoms with Crippen LogP contribution in [0.4, 0.5) is 4.39 Å². The molecular weight excluding hydrogens is 315 g/mol. The molecule has 4 nitrogen and oxygen atoms in total. The monoisotopic (exact) mass is 332 g/mol. The molecule has 0 amide bonds. The van der Waals surface area contributed by atoms with E-state index in [-0.39, 0.29) is 4.90 Å². The van der Waals surface area contributed by atoms with Crippen LogP contribution in [-0.4, -0.2) is 32.2 Å². The summed E-state index contributed by atoms with van der Waals surface area (Å²) in [5.41, 5.74) is 0.764. The fourth-order valence-corrected chi connectivity index (χ4v) is 3.62. The second-order valence-corrected chi connectivity index (χ2v) is 7.01. The van der Waals surface area contributed by atoms with E-state index in [1.807, 2.05) is 35.2 Å². The molecule has 0 saturated carbocycles. The van der Waals surface area contributed by atoms with Gasteiger partial charge in [0.25, 0.3) is 10.0 Å². The average Bonchev–Trinajstić information content (AvgIpc) is 3.08. The fraction of sp³-hybridized carbons (Fsp3) is 0.235. The van der Waals surface area contributed by atoms with Crippen molar-refractivity contribution in [3.63, 3.8) is 0 Å². The number of likely N-dealkylation sites (tertiary alicyclic amines) is 1. The number of benzene rings is 2. The third-order valence-electron chi connectivity index (χ3n) is 3.76. The van der Waals surface area contributed by atoms with E-state index >= 15 is 0 Å². The van der Waals surface area contributed by atoms with E-state index in [2.05, 4.69) is 4.40 Å². The van der Waals surface area contributed by atoms with Crippen LogP contribution in [0.2, 0.25) is 0 Å². The molecule has 1 aliphatic heterocycles. The topological polar surface area (TPSA) is 49.7 Å². The van der Waals surface area contributed by atoms with Gasteiger partial charge in [0, 0.05) is 18.7 Å². The van der Waals surface area contributed by atoms with Crippen molar-refractivity contribution >= 4 is 15.9 Å². The van der Waals surface area contributed by atoms with Gasteiger partial charge in [0.15, 0.2) is 0 Å². The molecule has 2 aromatic carbocycles. The molecule has 0 spiro atoms. The molecule has 6 heteroatoms. The number of hydrogen-bond acceptors (Lipinski definition) is 2. The van der Waals surface area contributed by atoms with Gasteiger partial charge in [-0.25, -0.2) is 4.39 Å². The maximum atomic E-state index is 13.0. The highest BCUT2D eigenvalue weighted by Crippen LogP contribution is 2.19. The van der Waals surface area contributed by atoms with Crippen LogP contribution in [0.5, 0.6) is 0 Å². The zero-order valence-corrected chi connectivity index (χ0v) is 13.3. The first kappa shape index (κ1) is 15.7. The normalized spacial score (nSPS) is 15.9. The van der Waals surface area contributed by atoms with E-state index in [0.717, 1.165) is 43.6 Å². The van der Waals surface area contributed by atoms with E-state index in [9.17, 15) is 12.8 Å². The minimum Gasteiger partial charge on any atom is -0.355 e. The summed E-state index contributed by atoms with van der Waals surface area (Å²) in [7, 11) is -3.88. The summed E-state index contributed by atoms with van der Waals surface area (Å²) in [5, 5.41) is 0. The minimum absolute atomic E-state index is 0.00784. The zero-order valence-electron chi connectivity index (χ0n) is 12.5. The molecule has 0 aromatic heterocycles. The highest BCUT2D eigenvalue weighted by atomic mass is 32.2. The largest absolute Gasteiger partial charge is 0.355 e. The predicted molar refractivity (Wildman–Crippen MR) is 87.4 cm³/mol. The molecule has 1 fully saturated rings. The number of nitrogens with zero attached hydrogens (tertiary/aromatic N) is 2. The Morgan fingerprint density at radius 2 is 1.57 bits per heavy atom. The highest BCUT2D eigenvalue weighted by Gasteiger charge is 2.22. The summed E-state index contributed by atoms with van der Waals surface area (Å²) in [6.07, 6.45) is 2.03. The molecule has 1 heterocycles. The Bertz CT molecular complexity index is 796. The van der Waals surface area contributed by atoms with E-state index in [1.54, 1.807) is 0 Å². The molecule has 1 saturated heterocycles. The lowest BCUT2D eigenvalue weighted by Gasteiger charge is -2.20. The molecule has 0 aliphatic carbocycles. The molecule has 0 radical (unpaired) electrons. The summed E-state index contributed by atoms with van der Waals surface area (Å²) in [6, 6.07) is 14.0. The van der Waals surface area contributed by atoms with Crippen LogP contribution < -0.4 is 0 Å². The number of sulfonamides is 1. The molecule has 120 valence electrons. The van der Waals surface area contributed by atoms with Crippen molar-refractivity contribution in [2.45, 2.75) is 17.7 Å². The molecule has 23 heavy (non-hydrogen) atoms. The van der Waals surface area contributed by atoms with Crippen LogP contribution >= 0.6 is 0 Å². The molecular formula is C17H17FN2O2S. The van der Waals surface area contributed by atoms with Gasteiger partial charge in [0.05, 0.1) is 4.90 Å². The number of amidine groups is 1. The molecule has 0 N–H and O–H groups in total. The molecule has 0 unspecified atom stereocenters. The van der Waals surface area contributed by atoms with Crippen LogP contribution in [0.1, 0.15) is 18.4 Å². The standard InChI is InChI=1S/C17H17FN2O2S/c18-15-8-10-16(11-9-15)23(21,22)19-17(20-12-4-5-13-20)14-6-2-1-3-7-14/h1-3,6-11H,4-5,12-13H2/b19-17+. The van der Waals surface area contributed by atoms with Gasteiger partial charge >= 0.3 is 0 Å². The van der Waals surface area contributed by atoms with Crippen molar-refractivity contribution in [2.75, 3.05) is 13.1 Å². The van der Waals surface area contributed by atoms with Gasteiger partial charge in [-0.05, 0) is 37.1 Å². The minimum atomic E-state index is -3.88. The van der Waals surface area contributed by atoms with Crippen LogP contribution in [0.3, 0.4) is 0 Å². The summed E-state index contributed by atoms with van der Waals surface area (Å²) in [6.45, 7) is 1.57. The van der Waals surface area contributed by atoms with Crippen molar-refractivity contribution in [2.24, 2.45) is 4.40 Å². The van der Waals surface area contributed by atoms with Gasteiger partial charge in [-0.2, -0.15) is 8.42 Å². The van der Waals surface area contributed by atoms with Crippen molar-refractivity contribution in [1.29, 1.82) is 0 Å². The Morgan fingerprint density at radius 3 is 2.17 bits per heavy atom. The van der Waals surface area contributed by atoms with Crippen molar-refractivity contribution in [3.05, 3.63) is 66.0 Å². The molecule has 0 bridgehead atoms. The highest BCUT2D eigenvalue weighted by molar-refractivity contribution is 7.90. The Hall–Kier alpha value is -2.21. The first-order valence-electron chi connectivity index (χ1n) is 7.47. The summed E-state index contributed by atoms with van der Waals surface area (Å²) in [4.78, 5) is 1.97. The Balaban J connectivity index is 2.04. The van der Waals surface area contributed by atoms with Gasteiger partial charge in [0.2, 0.25) is 0 Å². The van der Waals surface area contributed by atoms with Crippen LogP contribution in [0, 0.1) is 5.82 Å². The SMILES string of the molecule is O=S(=O)(/N=C(\c1ccccc1)N1CCCC1)c1ccc(F)cc1. The molecule has 3 rings (SSSR count). The first-order valence-corrected chi connectivity index (χ1v) is 8.91. The number of halogens is 1. The van der Waals surface area contributed by atoms with Crippen LogP contribution in [-0.2, 0) is 10.0 Å². The van der Waals surface area contributed by atoms with Crippen LogP contribution in [0.25, 0.3) is 0 Å². The van der Waals surface area contributed by atoms with Crippen LogP contribution in [0.15, 0.2) is 63.9 Å². The second-order valence-electron chi connectivity index (χ2n) is 5.40. The lowest BCUT2D eigenvalue weighted by molar-refractivity contribution is 0.520. The van der Waals surface area contributed by atoms with Crippen molar-refractivity contribution in [3.8, 4) is 0 Å². The van der Waals surface area contributed by atoms with E-state index in [4.69, 9.17) is 0 Å². The number of hydrogen-bond donors (Lipinski definition) is 0. The summed E-state index contributed by atoms with van der Waals surface area (Å²) in [5.74, 6) is -0.0248. The molecule has 1 aliphatic rings.